The lowest BCUT2D eigenvalue weighted by Crippen LogP contribution is -2.14. The summed E-state index contributed by atoms with van der Waals surface area (Å²) in [6.07, 6.45) is 6.17. The van der Waals surface area contributed by atoms with Gasteiger partial charge in [-0.15, -0.1) is 0 Å². The van der Waals surface area contributed by atoms with E-state index in [0.717, 1.165) is 12.1 Å². The fraction of sp³-hybridized carbons (Fsp3) is 0.562. The maximum atomic E-state index is 5.53. The Morgan fingerprint density at radius 2 is 1.68 bits per heavy atom. The van der Waals surface area contributed by atoms with E-state index in [1.54, 1.807) is 0 Å². The second-order valence-electron chi connectivity index (χ2n) is 5.05. The number of hydrogen-bond acceptors (Lipinski definition) is 2. The van der Waals surface area contributed by atoms with Gasteiger partial charge < -0.3 is 10.1 Å². The molecule has 0 saturated heterocycles. The third kappa shape index (κ3) is 7.16. The third-order valence-corrected chi connectivity index (χ3v) is 3.17. The lowest BCUT2D eigenvalue weighted by molar-refractivity contribution is 0.299. The topological polar surface area (TPSA) is 21.3 Å². The highest BCUT2D eigenvalue weighted by Gasteiger charge is 2.00. The van der Waals surface area contributed by atoms with Crippen LogP contribution in [-0.4, -0.2) is 11.8 Å². The van der Waals surface area contributed by atoms with Crippen molar-refractivity contribution in [2.24, 2.45) is 0 Å². The average molecular weight is 279 g/mol. The molecule has 0 aliphatic heterocycles. The zero-order valence-corrected chi connectivity index (χ0v) is 13.1. The standard InChI is InChI=1S/C16H25NOS/c1-4-5-6-7-8-9-18-16(19)17-15-11-13(2)10-14(3)12-15/h10-12H,4-9H2,1-3H3,(H,17,19). The van der Waals surface area contributed by atoms with E-state index in [-0.39, 0.29) is 0 Å². The molecule has 0 saturated carbocycles. The summed E-state index contributed by atoms with van der Waals surface area (Å²) in [6.45, 7) is 7.09. The summed E-state index contributed by atoms with van der Waals surface area (Å²) in [4.78, 5) is 0. The van der Waals surface area contributed by atoms with Crippen molar-refractivity contribution in [2.45, 2.75) is 52.9 Å². The highest BCUT2D eigenvalue weighted by molar-refractivity contribution is 7.80. The van der Waals surface area contributed by atoms with Gasteiger partial charge in [-0.3, -0.25) is 0 Å². The monoisotopic (exact) mass is 279 g/mol. The van der Waals surface area contributed by atoms with Crippen LogP contribution in [-0.2, 0) is 4.74 Å². The summed E-state index contributed by atoms with van der Waals surface area (Å²) in [5.74, 6) is 0. The molecule has 0 aliphatic carbocycles. The van der Waals surface area contributed by atoms with Gasteiger partial charge in [0.1, 0.15) is 0 Å². The van der Waals surface area contributed by atoms with Crippen molar-refractivity contribution in [1.29, 1.82) is 0 Å². The van der Waals surface area contributed by atoms with Crippen molar-refractivity contribution >= 4 is 23.1 Å². The van der Waals surface area contributed by atoms with Crippen molar-refractivity contribution in [1.82, 2.24) is 0 Å². The maximum absolute atomic E-state index is 5.53. The SMILES string of the molecule is CCCCCCCOC(=S)Nc1cc(C)cc(C)c1. The van der Waals surface area contributed by atoms with Gasteiger partial charge in [-0.05, 0) is 55.7 Å². The van der Waals surface area contributed by atoms with Crippen molar-refractivity contribution in [3.05, 3.63) is 29.3 Å². The first kappa shape index (κ1) is 16.0. The van der Waals surface area contributed by atoms with Crippen LogP contribution in [0, 0.1) is 13.8 Å². The van der Waals surface area contributed by atoms with E-state index in [2.05, 4.69) is 44.3 Å². The number of benzene rings is 1. The molecule has 2 nitrogen and oxygen atoms in total. The molecule has 0 amide bonds. The van der Waals surface area contributed by atoms with Crippen molar-refractivity contribution in [2.75, 3.05) is 11.9 Å². The van der Waals surface area contributed by atoms with Crippen LogP contribution in [0.2, 0.25) is 0 Å². The molecule has 1 aromatic rings. The number of thiocarbonyl (C=S) groups is 1. The van der Waals surface area contributed by atoms with E-state index in [1.165, 1.54) is 36.8 Å². The predicted octanol–water partition coefficient (Wildman–Crippen LogP) is 4.99. The molecule has 0 heterocycles. The van der Waals surface area contributed by atoms with Crippen LogP contribution in [0.25, 0.3) is 0 Å². The molecule has 0 unspecified atom stereocenters. The normalized spacial score (nSPS) is 10.3. The summed E-state index contributed by atoms with van der Waals surface area (Å²) in [6, 6.07) is 6.29. The molecule has 0 atom stereocenters. The Morgan fingerprint density at radius 1 is 1.05 bits per heavy atom. The van der Waals surface area contributed by atoms with Crippen LogP contribution >= 0.6 is 12.2 Å². The van der Waals surface area contributed by atoms with Gasteiger partial charge in [0, 0.05) is 5.69 Å². The molecule has 19 heavy (non-hydrogen) atoms. The quantitative estimate of drug-likeness (QED) is 0.561. The molecule has 0 bridgehead atoms. The Hall–Kier alpha value is -1.09. The van der Waals surface area contributed by atoms with Gasteiger partial charge >= 0.3 is 0 Å². The molecule has 0 aromatic heterocycles. The first-order chi connectivity index (χ1) is 9.11. The molecule has 0 radical (unpaired) electrons. The smallest absolute Gasteiger partial charge is 0.261 e. The number of nitrogens with one attached hydrogen (secondary N) is 1. The molecular formula is C16H25NOS. The van der Waals surface area contributed by atoms with E-state index in [4.69, 9.17) is 17.0 Å². The first-order valence-electron chi connectivity index (χ1n) is 7.14. The van der Waals surface area contributed by atoms with Crippen LogP contribution in [0.15, 0.2) is 18.2 Å². The van der Waals surface area contributed by atoms with E-state index < -0.39 is 0 Å². The number of aryl methyl sites for hydroxylation is 2. The molecular weight excluding hydrogens is 254 g/mol. The molecule has 3 heteroatoms. The van der Waals surface area contributed by atoms with Gasteiger partial charge in [0.2, 0.25) is 0 Å². The summed E-state index contributed by atoms with van der Waals surface area (Å²) in [5.41, 5.74) is 3.46. The third-order valence-electron chi connectivity index (χ3n) is 2.95. The maximum Gasteiger partial charge on any atom is 0.261 e. The summed E-state index contributed by atoms with van der Waals surface area (Å²) >= 11 is 5.19. The van der Waals surface area contributed by atoms with Crippen molar-refractivity contribution < 1.29 is 4.74 Å². The molecule has 1 rings (SSSR count). The van der Waals surface area contributed by atoms with Crippen molar-refractivity contribution in [3.63, 3.8) is 0 Å². The first-order valence-corrected chi connectivity index (χ1v) is 7.54. The highest BCUT2D eigenvalue weighted by atomic mass is 32.1. The Balaban J connectivity index is 2.23. The minimum atomic E-state index is 0.473. The van der Waals surface area contributed by atoms with Gasteiger partial charge in [0.05, 0.1) is 6.61 Å². The fourth-order valence-electron chi connectivity index (χ4n) is 2.07. The number of anilines is 1. The van der Waals surface area contributed by atoms with E-state index in [0.29, 0.717) is 11.8 Å². The summed E-state index contributed by atoms with van der Waals surface area (Å²) in [5, 5.41) is 3.61. The number of ether oxygens (including phenoxy) is 1. The summed E-state index contributed by atoms with van der Waals surface area (Å²) in [7, 11) is 0. The molecule has 0 aliphatic rings. The van der Waals surface area contributed by atoms with E-state index in [9.17, 15) is 0 Å². The van der Waals surface area contributed by atoms with Gasteiger partial charge in [-0.25, -0.2) is 0 Å². The second kappa shape index (κ2) is 8.92. The van der Waals surface area contributed by atoms with Crippen LogP contribution in [0.4, 0.5) is 5.69 Å². The van der Waals surface area contributed by atoms with Crippen LogP contribution in [0.3, 0.4) is 0 Å². The number of unbranched alkanes of at least 4 members (excludes halogenated alkanes) is 4. The minimum absolute atomic E-state index is 0.473. The van der Waals surface area contributed by atoms with E-state index in [1.807, 2.05) is 0 Å². The van der Waals surface area contributed by atoms with E-state index >= 15 is 0 Å². The molecule has 0 spiro atoms. The van der Waals surface area contributed by atoms with Gasteiger partial charge in [0.15, 0.2) is 0 Å². The highest BCUT2D eigenvalue weighted by Crippen LogP contribution is 2.14. The van der Waals surface area contributed by atoms with Gasteiger partial charge in [0.25, 0.3) is 5.17 Å². The zero-order valence-electron chi connectivity index (χ0n) is 12.3. The lowest BCUT2D eigenvalue weighted by Gasteiger charge is -2.11. The second-order valence-corrected chi connectivity index (χ2v) is 5.42. The van der Waals surface area contributed by atoms with Crippen LogP contribution in [0.5, 0.6) is 0 Å². The Bertz CT molecular complexity index is 383. The Kier molecular flexibility index (Phi) is 7.49. The largest absolute Gasteiger partial charge is 0.471 e. The Morgan fingerprint density at radius 3 is 2.32 bits per heavy atom. The van der Waals surface area contributed by atoms with Crippen molar-refractivity contribution in [3.8, 4) is 0 Å². The number of hydrogen-bond donors (Lipinski definition) is 1. The average Bonchev–Trinajstić information content (AvgIpc) is 2.32. The zero-order chi connectivity index (χ0) is 14.1. The summed E-state index contributed by atoms with van der Waals surface area (Å²) < 4.78 is 5.53. The molecule has 1 N–H and O–H groups in total. The van der Waals surface area contributed by atoms with Gasteiger partial charge in [-0.1, -0.05) is 38.7 Å². The number of rotatable bonds is 7. The fourth-order valence-corrected chi connectivity index (χ4v) is 2.27. The van der Waals surface area contributed by atoms with Crippen LogP contribution in [0.1, 0.15) is 50.2 Å². The molecule has 1 aromatic carbocycles. The van der Waals surface area contributed by atoms with Crippen LogP contribution < -0.4 is 5.32 Å². The minimum Gasteiger partial charge on any atom is -0.471 e. The van der Waals surface area contributed by atoms with Gasteiger partial charge in [-0.2, -0.15) is 0 Å². The molecule has 106 valence electrons. The Labute approximate surface area is 122 Å². The predicted molar refractivity (Wildman–Crippen MR) is 86.8 cm³/mol. The molecule has 0 fully saturated rings. The lowest BCUT2D eigenvalue weighted by atomic mass is 10.1.